The Kier molecular flexibility index (Phi) is 3.12. The lowest BCUT2D eigenvalue weighted by atomic mass is 10.8. The van der Waals surface area contributed by atoms with Gasteiger partial charge in [-0.1, -0.05) is 34.8 Å². The fourth-order valence-corrected chi connectivity index (χ4v) is 1.04. The second-order valence-corrected chi connectivity index (χ2v) is 3.68. The summed E-state index contributed by atoms with van der Waals surface area (Å²) in [5, 5.41) is 0. The summed E-state index contributed by atoms with van der Waals surface area (Å²) in [6.07, 6.45) is 0. The Labute approximate surface area is 64.6 Å². The van der Waals surface area contributed by atoms with Crippen molar-refractivity contribution in [2.45, 2.75) is 3.79 Å². The highest BCUT2D eigenvalue weighted by Gasteiger charge is 2.30. The lowest BCUT2D eigenvalue weighted by molar-refractivity contribution is -0.133. The maximum absolute atomic E-state index is 10.2. The molecule has 8 heavy (non-hydrogen) atoms. The third-order valence-corrected chi connectivity index (χ3v) is 1.25. The monoisotopic (exact) mass is 192 g/mol. The summed E-state index contributed by atoms with van der Waals surface area (Å²) in [5.74, 6) is -0.811. The molecule has 0 aliphatic carbocycles. The zero-order valence-corrected chi connectivity index (χ0v) is 8.22. The molecule has 0 unspecified atom stereocenters. The zero-order chi connectivity index (χ0) is 6.78. The molecule has 0 aliphatic heterocycles. The summed E-state index contributed by atoms with van der Waals surface area (Å²) in [6, 6.07) is 0. The van der Waals surface area contributed by atoms with Crippen molar-refractivity contribution < 1.29 is 9.22 Å². The fraction of sp³-hybridized carbons (Fsp3) is 0.500. The molecule has 6 heteroatoms. The van der Waals surface area contributed by atoms with E-state index in [4.69, 9.17) is 34.8 Å². The Morgan fingerprint density at radius 3 is 1.88 bits per heavy atom. The summed E-state index contributed by atoms with van der Waals surface area (Å²) in [4.78, 5) is 10.2. The van der Waals surface area contributed by atoms with Crippen LogP contribution >= 0.6 is 34.8 Å². The number of halogens is 3. The van der Waals surface area contributed by atoms with Crippen LogP contribution in [0.15, 0.2) is 0 Å². The van der Waals surface area contributed by atoms with E-state index in [1.54, 1.807) is 0 Å². The predicted molar refractivity (Wildman–Crippen MR) is 36.3 cm³/mol. The number of hydrogen-bond donors (Lipinski definition) is 0. The summed E-state index contributed by atoms with van der Waals surface area (Å²) in [7, 11) is 0.251. The Balaban J connectivity index is 3.82. The van der Waals surface area contributed by atoms with Gasteiger partial charge in [0.25, 0.3) is 3.79 Å². The zero-order valence-electron chi connectivity index (χ0n) is 3.95. The van der Waals surface area contributed by atoms with E-state index >= 15 is 0 Å². The first kappa shape index (κ1) is 8.56. The van der Waals surface area contributed by atoms with Crippen LogP contribution in [0.4, 0.5) is 0 Å². The van der Waals surface area contributed by atoms with Gasteiger partial charge in [-0.05, 0) is 0 Å². The van der Waals surface area contributed by atoms with Gasteiger partial charge in [-0.2, -0.15) is 0 Å². The second kappa shape index (κ2) is 2.92. The van der Waals surface area contributed by atoms with Crippen molar-refractivity contribution in [2.24, 2.45) is 0 Å². The first-order valence-electron chi connectivity index (χ1n) is 1.63. The first-order valence-corrected chi connectivity index (χ1v) is 3.58. The molecule has 0 rings (SSSR count). The summed E-state index contributed by atoms with van der Waals surface area (Å²) in [6.45, 7) is 0. The van der Waals surface area contributed by atoms with Crippen molar-refractivity contribution in [2.75, 3.05) is 0 Å². The lowest BCUT2D eigenvalue weighted by Crippen LogP contribution is -2.20. The first-order chi connectivity index (χ1) is 3.48. The highest BCUT2D eigenvalue weighted by atomic mass is 35.6. The van der Waals surface area contributed by atoms with Crippen molar-refractivity contribution >= 4 is 51.3 Å². The number of alkyl halides is 3. The molecule has 2 nitrogen and oxygen atoms in total. The standard InChI is InChI=1S/C2H3Cl3O2Si/c3-2(4,5)1(6)7-8/h8H3. The van der Waals surface area contributed by atoms with Crippen molar-refractivity contribution in [1.29, 1.82) is 0 Å². The molecule has 0 aliphatic rings. The molecule has 0 heterocycles. The van der Waals surface area contributed by atoms with Crippen molar-refractivity contribution in [3.05, 3.63) is 0 Å². The van der Waals surface area contributed by atoms with Crippen LogP contribution in [0.2, 0.25) is 0 Å². The number of carbonyl (C=O) groups is 1. The Morgan fingerprint density at radius 2 is 1.88 bits per heavy atom. The molecule has 0 saturated heterocycles. The Bertz CT molecular complexity index is 97.9. The minimum atomic E-state index is -1.90. The van der Waals surface area contributed by atoms with Gasteiger partial charge in [0.1, 0.15) is 0 Å². The number of carbonyl (C=O) groups excluding carboxylic acids is 1. The molecular weight excluding hydrogens is 190 g/mol. The molecule has 0 amide bonds. The van der Waals surface area contributed by atoms with E-state index in [2.05, 4.69) is 4.43 Å². The molecule has 0 aromatic carbocycles. The van der Waals surface area contributed by atoms with Gasteiger partial charge >= 0.3 is 5.97 Å². The number of rotatable bonds is 0. The maximum atomic E-state index is 10.2. The molecule has 0 radical (unpaired) electrons. The van der Waals surface area contributed by atoms with Crippen LogP contribution in [0.3, 0.4) is 0 Å². The van der Waals surface area contributed by atoms with Crippen LogP contribution < -0.4 is 0 Å². The average Bonchev–Trinajstić information content (AvgIpc) is 1.62. The van der Waals surface area contributed by atoms with Crippen molar-refractivity contribution in [3.63, 3.8) is 0 Å². The topological polar surface area (TPSA) is 26.3 Å². The summed E-state index contributed by atoms with van der Waals surface area (Å²) < 4.78 is 2.32. The third kappa shape index (κ3) is 2.77. The minimum absolute atomic E-state index is 0.251. The largest absolute Gasteiger partial charge is 0.526 e. The lowest BCUT2D eigenvalue weighted by Gasteiger charge is -2.05. The second-order valence-electron chi connectivity index (χ2n) is 0.989. The van der Waals surface area contributed by atoms with Crippen LogP contribution in [-0.4, -0.2) is 20.2 Å². The van der Waals surface area contributed by atoms with E-state index in [-0.39, 0.29) is 10.5 Å². The van der Waals surface area contributed by atoms with E-state index in [1.807, 2.05) is 0 Å². The minimum Gasteiger partial charge on any atom is -0.526 e. The quantitative estimate of drug-likeness (QED) is 0.405. The van der Waals surface area contributed by atoms with E-state index in [9.17, 15) is 4.79 Å². The maximum Gasteiger partial charge on any atom is 0.344 e. The van der Waals surface area contributed by atoms with Gasteiger partial charge in [-0.3, -0.25) is 0 Å². The predicted octanol–water partition coefficient (Wildman–Crippen LogP) is 0.180. The van der Waals surface area contributed by atoms with E-state index < -0.39 is 9.76 Å². The van der Waals surface area contributed by atoms with Gasteiger partial charge in [-0.25, -0.2) is 4.79 Å². The molecule has 0 saturated carbocycles. The van der Waals surface area contributed by atoms with Crippen molar-refractivity contribution in [1.82, 2.24) is 0 Å². The summed E-state index contributed by atoms with van der Waals surface area (Å²) in [5.41, 5.74) is 0. The van der Waals surface area contributed by atoms with Crippen LogP contribution in [0.1, 0.15) is 0 Å². The molecule has 0 aromatic heterocycles. The third-order valence-electron chi connectivity index (χ3n) is 0.417. The van der Waals surface area contributed by atoms with E-state index in [1.165, 1.54) is 0 Å². The van der Waals surface area contributed by atoms with Gasteiger partial charge in [0.2, 0.25) is 10.5 Å². The molecule has 0 fully saturated rings. The molecule has 0 atom stereocenters. The SMILES string of the molecule is O=C(O[SiH3])C(Cl)(Cl)Cl. The van der Waals surface area contributed by atoms with Crippen LogP contribution in [0.25, 0.3) is 0 Å². The average molecular weight is 193 g/mol. The molecule has 0 spiro atoms. The van der Waals surface area contributed by atoms with Crippen LogP contribution in [-0.2, 0) is 9.22 Å². The number of hydrogen-bond acceptors (Lipinski definition) is 2. The summed E-state index contributed by atoms with van der Waals surface area (Å²) >= 11 is 15.2. The van der Waals surface area contributed by atoms with Crippen LogP contribution in [0.5, 0.6) is 0 Å². The van der Waals surface area contributed by atoms with Gasteiger partial charge in [0.15, 0.2) is 0 Å². The van der Waals surface area contributed by atoms with Gasteiger partial charge in [0, 0.05) is 0 Å². The van der Waals surface area contributed by atoms with Crippen LogP contribution in [0, 0.1) is 0 Å². The fourth-order valence-electron chi connectivity index (χ4n) is 0.116. The Hall–Kier alpha value is 0.557. The van der Waals surface area contributed by atoms with Gasteiger partial charge in [-0.15, -0.1) is 0 Å². The molecule has 0 aromatic rings. The van der Waals surface area contributed by atoms with E-state index in [0.29, 0.717) is 0 Å². The highest BCUT2D eigenvalue weighted by molar-refractivity contribution is 6.76. The molecular formula is C2H3Cl3O2Si. The molecule has 48 valence electrons. The van der Waals surface area contributed by atoms with Gasteiger partial charge in [0.05, 0.1) is 0 Å². The Morgan fingerprint density at radius 1 is 1.50 bits per heavy atom. The normalized spacial score (nSPS) is 11.4. The van der Waals surface area contributed by atoms with Crippen molar-refractivity contribution in [3.8, 4) is 0 Å². The smallest absolute Gasteiger partial charge is 0.344 e. The van der Waals surface area contributed by atoms with E-state index in [0.717, 1.165) is 0 Å². The molecule has 0 bridgehead atoms. The van der Waals surface area contributed by atoms with Gasteiger partial charge < -0.3 is 4.43 Å². The highest BCUT2D eigenvalue weighted by Crippen LogP contribution is 2.26. The molecule has 0 N–H and O–H groups in total.